The molecule has 3 N–H and O–H groups in total. The van der Waals surface area contributed by atoms with E-state index < -0.39 is 0 Å². The van der Waals surface area contributed by atoms with Crippen LogP contribution in [0.5, 0.6) is 0 Å². The van der Waals surface area contributed by atoms with Crippen LogP contribution in [-0.4, -0.2) is 5.91 Å². The lowest BCUT2D eigenvalue weighted by Crippen LogP contribution is -2.18. The first-order valence-corrected chi connectivity index (χ1v) is 4.77. The van der Waals surface area contributed by atoms with Crippen LogP contribution in [-0.2, 0) is 4.79 Å². The summed E-state index contributed by atoms with van der Waals surface area (Å²) >= 11 is 0. The van der Waals surface area contributed by atoms with Gasteiger partial charge in [0.2, 0.25) is 5.91 Å². The van der Waals surface area contributed by atoms with Crippen molar-refractivity contribution in [2.45, 2.75) is 0 Å². The van der Waals surface area contributed by atoms with Crippen molar-refractivity contribution < 1.29 is 4.79 Å². The summed E-state index contributed by atoms with van der Waals surface area (Å²) in [5.41, 5.74) is 7.00. The van der Waals surface area contributed by atoms with Gasteiger partial charge in [-0.25, -0.2) is 0 Å². The highest BCUT2D eigenvalue weighted by molar-refractivity contribution is 5.95. The van der Waals surface area contributed by atoms with Crippen LogP contribution in [0.4, 0.5) is 11.4 Å². The lowest BCUT2D eigenvalue weighted by Gasteiger charge is -2.07. The van der Waals surface area contributed by atoms with Crippen molar-refractivity contribution in [2.75, 3.05) is 11.1 Å². The quantitative estimate of drug-likeness (QED) is 0.717. The number of carbonyl (C=O) groups is 1. The molecule has 3 nitrogen and oxygen atoms in total. The van der Waals surface area contributed by atoms with Crippen LogP contribution in [0.1, 0.15) is 0 Å². The SMILES string of the molecule is Nc1ccc(NC(=O)C2C=CC=C2)cc1. The van der Waals surface area contributed by atoms with Crippen molar-refractivity contribution >= 4 is 17.3 Å². The number of nitrogen functional groups attached to an aromatic ring is 1. The Hall–Kier alpha value is -2.03. The summed E-state index contributed by atoms with van der Waals surface area (Å²) in [7, 11) is 0. The Balaban J connectivity index is 2.02. The van der Waals surface area contributed by atoms with Gasteiger partial charge in [0.25, 0.3) is 0 Å². The van der Waals surface area contributed by atoms with Crippen molar-refractivity contribution in [1.82, 2.24) is 0 Å². The molecule has 1 aliphatic rings. The van der Waals surface area contributed by atoms with Gasteiger partial charge in [0.1, 0.15) is 0 Å². The van der Waals surface area contributed by atoms with E-state index in [-0.39, 0.29) is 11.8 Å². The zero-order chi connectivity index (χ0) is 10.7. The maximum absolute atomic E-state index is 11.7. The number of nitrogens with two attached hydrogens (primary N) is 1. The Bertz CT molecular complexity index is 406. The first kappa shape index (κ1) is 9.52. The average Bonchev–Trinajstić information content (AvgIpc) is 2.74. The highest BCUT2D eigenvalue weighted by Gasteiger charge is 2.13. The molecule has 0 bridgehead atoms. The molecule has 2 rings (SSSR count). The number of carbonyl (C=O) groups excluding carboxylic acids is 1. The zero-order valence-electron chi connectivity index (χ0n) is 8.18. The van der Waals surface area contributed by atoms with E-state index >= 15 is 0 Å². The second-order valence-electron chi connectivity index (χ2n) is 3.41. The molecule has 1 aromatic rings. The number of allylic oxidation sites excluding steroid dienone is 2. The molecule has 0 radical (unpaired) electrons. The zero-order valence-corrected chi connectivity index (χ0v) is 8.18. The Morgan fingerprint density at radius 3 is 2.33 bits per heavy atom. The van der Waals surface area contributed by atoms with E-state index in [1.54, 1.807) is 24.3 Å². The molecule has 3 heteroatoms. The summed E-state index contributed by atoms with van der Waals surface area (Å²) in [4.78, 5) is 11.7. The summed E-state index contributed by atoms with van der Waals surface area (Å²) in [6.45, 7) is 0. The van der Waals surface area contributed by atoms with Crippen LogP contribution in [0.2, 0.25) is 0 Å². The molecule has 1 aromatic carbocycles. The van der Waals surface area contributed by atoms with Crippen molar-refractivity contribution in [3.63, 3.8) is 0 Å². The number of anilines is 2. The van der Waals surface area contributed by atoms with Gasteiger partial charge in [0.05, 0.1) is 5.92 Å². The van der Waals surface area contributed by atoms with Gasteiger partial charge in [-0.2, -0.15) is 0 Å². The standard InChI is InChI=1S/C12H12N2O/c13-10-5-7-11(8-6-10)14-12(15)9-3-1-2-4-9/h1-9H,13H2,(H,14,15). The van der Waals surface area contributed by atoms with E-state index in [0.29, 0.717) is 5.69 Å². The lowest BCUT2D eigenvalue weighted by atomic mass is 10.1. The fourth-order valence-corrected chi connectivity index (χ4v) is 1.40. The van der Waals surface area contributed by atoms with E-state index in [1.807, 2.05) is 24.3 Å². The highest BCUT2D eigenvalue weighted by atomic mass is 16.1. The maximum atomic E-state index is 11.7. The smallest absolute Gasteiger partial charge is 0.235 e. The summed E-state index contributed by atoms with van der Waals surface area (Å²) in [6.07, 6.45) is 7.44. The second-order valence-corrected chi connectivity index (χ2v) is 3.41. The third-order valence-electron chi connectivity index (χ3n) is 2.23. The molecular weight excluding hydrogens is 188 g/mol. The third-order valence-corrected chi connectivity index (χ3v) is 2.23. The Morgan fingerprint density at radius 2 is 1.73 bits per heavy atom. The Kier molecular flexibility index (Phi) is 2.54. The van der Waals surface area contributed by atoms with E-state index in [4.69, 9.17) is 5.73 Å². The fourth-order valence-electron chi connectivity index (χ4n) is 1.40. The minimum atomic E-state index is -0.150. The van der Waals surface area contributed by atoms with Crippen LogP contribution in [0.25, 0.3) is 0 Å². The number of rotatable bonds is 2. The van der Waals surface area contributed by atoms with Crippen LogP contribution >= 0.6 is 0 Å². The van der Waals surface area contributed by atoms with E-state index in [0.717, 1.165) is 5.69 Å². The Labute approximate surface area is 88.3 Å². The van der Waals surface area contributed by atoms with Gasteiger partial charge in [-0.1, -0.05) is 24.3 Å². The summed E-state index contributed by atoms with van der Waals surface area (Å²) in [5, 5.41) is 2.81. The van der Waals surface area contributed by atoms with E-state index in [9.17, 15) is 4.79 Å². The largest absolute Gasteiger partial charge is 0.399 e. The molecule has 0 atom stereocenters. The predicted molar refractivity (Wildman–Crippen MR) is 61.3 cm³/mol. The van der Waals surface area contributed by atoms with Crippen LogP contribution < -0.4 is 11.1 Å². The number of hydrogen-bond donors (Lipinski definition) is 2. The van der Waals surface area contributed by atoms with Gasteiger partial charge in [0.15, 0.2) is 0 Å². The molecular formula is C12H12N2O. The van der Waals surface area contributed by atoms with Crippen molar-refractivity contribution in [3.8, 4) is 0 Å². The number of hydrogen-bond acceptors (Lipinski definition) is 2. The van der Waals surface area contributed by atoms with Gasteiger partial charge in [0, 0.05) is 11.4 Å². The number of amides is 1. The van der Waals surface area contributed by atoms with E-state index in [2.05, 4.69) is 5.32 Å². The van der Waals surface area contributed by atoms with Crippen LogP contribution in [0.15, 0.2) is 48.6 Å². The van der Waals surface area contributed by atoms with Crippen molar-refractivity contribution in [1.29, 1.82) is 0 Å². The summed E-state index contributed by atoms with van der Waals surface area (Å²) in [6, 6.07) is 7.09. The van der Waals surface area contributed by atoms with Gasteiger partial charge in [-0.15, -0.1) is 0 Å². The minimum absolute atomic E-state index is 0.0234. The molecule has 15 heavy (non-hydrogen) atoms. The van der Waals surface area contributed by atoms with Crippen LogP contribution in [0, 0.1) is 5.92 Å². The molecule has 0 heterocycles. The van der Waals surface area contributed by atoms with Gasteiger partial charge < -0.3 is 11.1 Å². The molecule has 0 saturated heterocycles. The molecule has 1 amide bonds. The van der Waals surface area contributed by atoms with Crippen LogP contribution in [0.3, 0.4) is 0 Å². The van der Waals surface area contributed by atoms with Gasteiger partial charge in [-0.3, -0.25) is 4.79 Å². The van der Waals surface area contributed by atoms with Gasteiger partial charge in [-0.05, 0) is 24.3 Å². The number of nitrogens with one attached hydrogen (secondary N) is 1. The first-order chi connectivity index (χ1) is 7.25. The topological polar surface area (TPSA) is 55.1 Å². The highest BCUT2D eigenvalue weighted by Crippen LogP contribution is 2.14. The second kappa shape index (κ2) is 4.00. The molecule has 0 spiro atoms. The minimum Gasteiger partial charge on any atom is -0.399 e. The lowest BCUT2D eigenvalue weighted by molar-refractivity contribution is -0.117. The normalized spacial score (nSPS) is 14.4. The molecule has 76 valence electrons. The van der Waals surface area contributed by atoms with Crippen molar-refractivity contribution in [2.24, 2.45) is 5.92 Å². The molecule has 0 fully saturated rings. The third kappa shape index (κ3) is 2.26. The number of benzene rings is 1. The molecule has 1 aliphatic carbocycles. The van der Waals surface area contributed by atoms with Crippen molar-refractivity contribution in [3.05, 3.63) is 48.6 Å². The van der Waals surface area contributed by atoms with Gasteiger partial charge >= 0.3 is 0 Å². The molecule has 0 aromatic heterocycles. The molecule has 0 aliphatic heterocycles. The Morgan fingerprint density at radius 1 is 1.13 bits per heavy atom. The summed E-state index contributed by atoms with van der Waals surface area (Å²) < 4.78 is 0. The first-order valence-electron chi connectivity index (χ1n) is 4.77. The van der Waals surface area contributed by atoms with E-state index in [1.165, 1.54) is 0 Å². The molecule has 0 unspecified atom stereocenters. The predicted octanol–water partition coefficient (Wildman–Crippen LogP) is 1.95. The fraction of sp³-hybridized carbons (Fsp3) is 0.0833. The monoisotopic (exact) mass is 200 g/mol. The average molecular weight is 200 g/mol. The molecule has 0 saturated carbocycles. The summed E-state index contributed by atoms with van der Waals surface area (Å²) in [5.74, 6) is -0.174. The maximum Gasteiger partial charge on any atom is 0.235 e.